The molecular formula is C44H52N10O6. The first-order chi connectivity index (χ1) is 29.3. The summed E-state index contributed by atoms with van der Waals surface area (Å²) >= 11 is 0. The second-order valence-corrected chi connectivity index (χ2v) is 16.2. The van der Waals surface area contributed by atoms with Crippen LogP contribution in [0.2, 0.25) is 0 Å². The number of β-amino-alcohol motifs (C(OH)–C–C–N with tert-alkyl or cyclic N) is 2. The summed E-state index contributed by atoms with van der Waals surface area (Å²) < 4.78 is 11.7. The van der Waals surface area contributed by atoms with E-state index < -0.39 is 18.1 Å². The highest BCUT2D eigenvalue weighted by Gasteiger charge is 2.29. The van der Waals surface area contributed by atoms with Crippen molar-refractivity contribution in [3.05, 3.63) is 112 Å². The topological polar surface area (TPSA) is 193 Å². The Kier molecular flexibility index (Phi) is 12.0. The van der Waals surface area contributed by atoms with Crippen molar-refractivity contribution in [2.24, 2.45) is 0 Å². The van der Waals surface area contributed by atoms with Gasteiger partial charge in [0.25, 0.3) is 5.91 Å². The lowest BCUT2D eigenvalue weighted by atomic mass is 10.1. The molecule has 0 bridgehead atoms. The molecule has 5 aromatic rings. The highest BCUT2D eigenvalue weighted by atomic mass is 16.5. The molecule has 4 aliphatic rings. The van der Waals surface area contributed by atoms with Crippen LogP contribution < -0.4 is 20.9 Å². The normalized spacial score (nSPS) is 19.1. The third-order valence-corrected chi connectivity index (χ3v) is 11.6. The minimum atomic E-state index is -0.750. The Balaban J connectivity index is 0.806. The second-order valence-electron chi connectivity index (χ2n) is 16.2. The number of aromatic nitrogens is 4. The number of imidazole rings is 1. The van der Waals surface area contributed by atoms with Gasteiger partial charge in [-0.25, -0.2) is 9.97 Å². The molecule has 3 atom stereocenters. The average molecular weight is 817 g/mol. The molecule has 16 nitrogen and oxygen atoms in total. The van der Waals surface area contributed by atoms with Gasteiger partial charge in [-0.1, -0.05) is 60.7 Å². The van der Waals surface area contributed by atoms with Crippen LogP contribution in [-0.2, 0) is 46.9 Å². The van der Waals surface area contributed by atoms with Crippen LogP contribution >= 0.6 is 0 Å². The van der Waals surface area contributed by atoms with Gasteiger partial charge in [0.1, 0.15) is 23.4 Å². The number of hydrogen-bond acceptors (Lipinski definition) is 13. The molecule has 0 aliphatic carbocycles. The lowest BCUT2D eigenvalue weighted by Gasteiger charge is -2.34. The van der Waals surface area contributed by atoms with Crippen molar-refractivity contribution in [2.45, 2.75) is 63.4 Å². The van der Waals surface area contributed by atoms with Gasteiger partial charge < -0.3 is 45.5 Å². The van der Waals surface area contributed by atoms with Gasteiger partial charge in [0, 0.05) is 83.4 Å². The van der Waals surface area contributed by atoms with Crippen LogP contribution in [0, 0.1) is 0 Å². The molecule has 16 heteroatoms. The molecule has 2 aromatic heterocycles. The molecule has 314 valence electrons. The number of carbonyl (C=O) groups is 2. The summed E-state index contributed by atoms with van der Waals surface area (Å²) in [5, 5.41) is 30.6. The number of benzene rings is 3. The second kappa shape index (κ2) is 18.0. The zero-order chi connectivity index (χ0) is 41.0. The number of ether oxygens (including phenoxy) is 2. The summed E-state index contributed by atoms with van der Waals surface area (Å²) in [4.78, 5) is 50.5. The quantitative estimate of drug-likeness (QED) is 0.0851. The van der Waals surface area contributed by atoms with E-state index in [2.05, 4.69) is 55.0 Å². The van der Waals surface area contributed by atoms with E-state index >= 15 is 0 Å². The number of aromatic amines is 1. The Hall–Kier alpha value is -5.49. The number of fused-ring (bicyclic) bond motifs is 3. The summed E-state index contributed by atoms with van der Waals surface area (Å²) in [5.74, 6) is 1.05. The minimum Gasteiger partial charge on any atom is -0.390 e. The first kappa shape index (κ1) is 39.9. The summed E-state index contributed by atoms with van der Waals surface area (Å²) in [7, 11) is 0. The van der Waals surface area contributed by atoms with Crippen LogP contribution in [0.1, 0.15) is 56.7 Å². The van der Waals surface area contributed by atoms with E-state index in [1.807, 2.05) is 47.4 Å². The smallest absolute Gasteiger partial charge is 0.270 e. The van der Waals surface area contributed by atoms with E-state index in [4.69, 9.17) is 24.4 Å². The fourth-order valence-electron chi connectivity index (χ4n) is 8.44. The van der Waals surface area contributed by atoms with Crippen molar-refractivity contribution in [1.82, 2.24) is 40.4 Å². The van der Waals surface area contributed by atoms with E-state index in [0.717, 1.165) is 42.8 Å². The van der Waals surface area contributed by atoms with Crippen molar-refractivity contribution in [3.63, 3.8) is 0 Å². The highest BCUT2D eigenvalue weighted by Crippen LogP contribution is 2.31. The summed E-state index contributed by atoms with van der Waals surface area (Å²) in [6, 6.07) is 24.2. The molecule has 3 unspecified atom stereocenters. The van der Waals surface area contributed by atoms with Crippen molar-refractivity contribution >= 4 is 34.6 Å². The Morgan fingerprint density at radius 2 is 1.47 bits per heavy atom. The van der Waals surface area contributed by atoms with E-state index in [9.17, 15) is 19.8 Å². The first-order valence-corrected chi connectivity index (χ1v) is 20.9. The Morgan fingerprint density at radius 3 is 2.10 bits per heavy atom. The monoisotopic (exact) mass is 816 g/mol. The van der Waals surface area contributed by atoms with Gasteiger partial charge in [0.05, 0.1) is 55.6 Å². The Morgan fingerprint density at radius 1 is 0.817 bits per heavy atom. The molecule has 3 aromatic carbocycles. The van der Waals surface area contributed by atoms with Crippen molar-refractivity contribution in [1.29, 1.82) is 0 Å². The molecule has 4 aliphatic heterocycles. The summed E-state index contributed by atoms with van der Waals surface area (Å²) in [6.45, 7) is 6.78. The van der Waals surface area contributed by atoms with Gasteiger partial charge >= 0.3 is 0 Å². The number of rotatable bonds is 16. The fraction of sp³-hybridized carbons (Fsp3) is 0.432. The zero-order valence-electron chi connectivity index (χ0n) is 33.6. The third kappa shape index (κ3) is 9.44. The standard InChI is InChI=1S/C44H52N10O6/c55-33(23-52-19-28-6-1-2-7-29(28)20-52)17-45-41(57)13-12-39-48-36-11-5-10-35(42(36)50-39)38-25-54(14-15-60-38)44-49-37(16-40(51-44)47-32-26-59-27-32)43(58)46-18-34(56)24-53-21-30-8-3-4-9-31(30)22-53/h1-11,16,32-34,38,55-56H,12-15,17-27H2,(H,45,57)(H,46,58)(H,48,50)(H,47,49,51). The average Bonchev–Trinajstić information content (AvgIpc) is 3.98. The van der Waals surface area contributed by atoms with Gasteiger partial charge in [0.15, 0.2) is 0 Å². The lowest BCUT2D eigenvalue weighted by molar-refractivity contribution is -0.121. The largest absolute Gasteiger partial charge is 0.390 e. The molecule has 2 saturated heterocycles. The number of nitrogens with one attached hydrogen (secondary N) is 4. The predicted octanol–water partition coefficient (Wildman–Crippen LogP) is 2.27. The van der Waals surface area contributed by atoms with Gasteiger partial charge in [-0.15, -0.1) is 0 Å². The van der Waals surface area contributed by atoms with Crippen LogP contribution in [-0.4, -0.2) is 129 Å². The van der Waals surface area contributed by atoms with Crippen LogP contribution in [0.3, 0.4) is 0 Å². The van der Waals surface area contributed by atoms with Crippen molar-refractivity contribution < 1.29 is 29.3 Å². The summed E-state index contributed by atoms with van der Waals surface area (Å²) in [6.07, 6.45) is -1.15. The maximum absolute atomic E-state index is 13.5. The van der Waals surface area contributed by atoms with Gasteiger partial charge in [-0.3, -0.25) is 19.4 Å². The van der Waals surface area contributed by atoms with Crippen LogP contribution in [0.5, 0.6) is 0 Å². The fourth-order valence-corrected chi connectivity index (χ4v) is 8.44. The molecule has 9 rings (SSSR count). The maximum Gasteiger partial charge on any atom is 0.270 e. The molecule has 0 radical (unpaired) electrons. The van der Waals surface area contributed by atoms with E-state index in [1.165, 1.54) is 22.3 Å². The molecule has 6 heterocycles. The van der Waals surface area contributed by atoms with Crippen molar-refractivity contribution in [3.8, 4) is 0 Å². The van der Waals surface area contributed by atoms with E-state index in [0.29, 0.717) is 70.0 Å². The Bertz CT molecular complexity index is 2270. The first-order valence-electron chi connectivity index (χ1n) is 20.9. The lowest BCUT2D eigenvalue weighted by Crippen LogP contribution is -2.42. The van der Waals surface area contributed by atoms with Crippen LogP contribution in [0.25, 0.3) is 11.0 Å². The number of para-hydroxylation sites is 1. The van der Waals surface area contributed by atoms with Gasteiger partial charge in [0.2, 0.25) is 11.9 Å². The molecule has 2 fully saturated rings. The molecule has 2 amide bonds. The molecule has 60 heavy (non-hydrogen) atoms. The number of carbonyl (C=O) groups excluding carboxylic acids is 2. The predicted molar refractivity (Wildman–Crippen MR) is 224 cm³/mol. The number of nitrogens with zero attached hydrogens (tertiary/aromatic N) is 6. The molecule has 6 N–H and O–H groups in total. The number of amides is 2. The molecule has 0 spiro atoms. The number of aliphatic hydroxyl groups excluding tert-OH is 2. The van der Waals surface area contributed by atoms with Gasteiger partial charge in [-0.05, 0) is 28.3 Å². The number of aryl methyl sites for hydroxylation is 1. The zero-order valence-corrected chi connectivity index (χ0v) is 33.6. The van der Waals surface area contributed by atoms with E-state index in [-0.39, 0.29) is 43.3 Å². The third-order valence-electron chi connectivity index (χ3n) is 11.6. The SMILES string of the molecule is O=C(CCc1nc2c(C3CN(c4nc(NC5COC5)cc(C(=O)NCC(O)CN5Cc6ccccc6C5)n4)CCO3)cccc2[nH]1)NCC(O)CN1Cc2ccccc2C1. The highest BCUT2D eigenvalue weighted by molar-refractivity contribution is 5.93. The molecule has 0 saturated carbocycles. The number of hydrogen-bond donors (Lipinski definition) is 6. The summed E-state index contributed by atoms with van der Waals surface area (Å²) in [5.41, 5.74) is 7.79. The van der Waals surface area contributed by atoms with Gasteiger partial charge in [-0.2, -0.15) is 4.98 Å². The van der Waals surface area contributed by atoms with E-state index in [1.54, 1.807) is 6.07 Å². The number of anilines is 2. The number of H-pyrrole nitrogens is 1. The van der Waals surface area contributed by atoms with Crippen molar-refractivity contribution in [2.75, 3.05) is 69.3 Å². The number of morpholine rings is 1. The van der Waals surface area contributed by atoms with Crippen LogP contribution in [0.4, 0.5) is 11.8 Å². The maximum atomic E-state index is 13.5. The minimum absolute atomic E-state index is 0.0791. The Labute approximate surface area is 348 Å². The number of aliphatic hydroxyl groups is 2. The molecular weight excluding hydrogens is 765 g/mol. The van der Waals surface area contributed by atoms with Crippen LogP contribution in [0.15, 0.2) is 72.8 Å².